The summed E-state index contributed by atoms with van der Waals surface area (Å²) in [6.07, 6.45) is 4.89. The summed E-state index contributed by atoms with van der Waals surface area (Å²) in [4.78, 5) is 4.61. The number of hydrogen-bond donors (Lipinski definition) is 0. The van der Waals surface area contributed by atoms with E-state index in [4.69, 9.17) is 10.5 Å². The van der Waals surface area contributed by atoms with E-state index in [1.54, 1.807) is 24.0 Å². The normalized spacial score (nSPS) is 7.80. The second kappa shape index (κ2) is 2.81. The molecule has 0 fully saturated rings. The number of hydrogen-bond acceptors (Lipinski definition) is 5. The highest BCUT2D eigenvalue weighted by Crippen LogP contribution is 2.14. The van der Waals surface area contributed by atoms with Gasteiger partial charge in [0, 0.05) is 11.6 Å². The summed E-state index contributed by atoms with van der Waals surface area (Å²) < 4.78 is 0. The topological polar surface area (TPSA) is 63.7 Å². The van der Waals surface area contributed by atoms with Crippen LogP contribution in [-0.4, -0.2) is 4.98 Å². The number of nitrogens with zero attached hydrogens (tertiary/aromatic N) is 4. The molecule has 1 rings (SSSR count). The van der Waals surface area contributed by atoms with Gasteiger partial charge in [0.1, 0.15) is 0 Å². The molecule has 0 bridgehead atoms. The zero-order valence-corrected chi connectivity index (χ0v) is 5.67. The fourth-order valence-corrected chi connectivity index (χ4v) is 0.986. The number of nitriles is 2. The third-order valence-corrected chi connectivity index (χ3v) is 1.57. The maximum atomic E-state index is 8.32. The lowest BCUT2D eigenvalue weighted by molar-refractivity contribution is 1.22. The Bertz CT molecular complexity index is 264. The fraction of sp³-hybridized carbons (Fsp3) is 0. The molecular weight excluding hydrogens is 148 g/mol. The summed E-state index contributed by atoms with van der Waals surface area (Å²) in [6.45, 7) is 0. The standard InChI is InChI=1S/C5H2N4S/c6-3-9(4-7)5-8-1-2-10-5/h1-2H. The number of aromatic nitrogens is 1. The van der Waals surface area contributed by atoms with Crippen molar-refractivity contribution in [3.8, 4) is 12.4 Å². The molecule has 1 aromatic heterocycles. The number of rotatable bonds is 1. The van der Waals surface area contributed by atoms with Crippen LogP contribution in [0.5, 0.6) is 0 Å². The van der Waals surface area contributed by atoms with Crippen molar-refractivity contribution in [1.29, 1.82) is 10.5 Å². The first kappa shape index (κ1) is 6.53. The predicted octanol–water partition coefficient (Wildman–Crippen LogP) is 0.912. The Labute approximate surface area is 61.6 Å². The first-order valence-electron chi connectivity index (χ1n) is 2.37. The maximum Gasteiger partial charge on any atom is 0.212 e. The molecule has 10 heavy (non-hydrogen) atoms. The molecule has 0 aliphatic rings. The second-order valence-corrected chi connectivity index (χ2v) is 2.22. The zero-order valence-electron chi connectivity index (χ0n) is 4.85. The summed E-state index contributed by atoms with van der Waals surface area (Å²) in [7, 11) is 0. The third kappa shape index (κ3) is 1.04. The smallest absolute Gasteiger partial charge is 0.212 e. The van der Waals surface area contributed by atoms with Gasteiger partial charge < -0.3 is 0 Å². The highest BCUT2D eigenvalue weighted by Gasteiger charge is 2.04. The van der Waals surface area contributed by atoms with Crippen molar-refractivity contribution in [2.45, 2.75) is 0 Å². The predicted molar refractivity (Wildman–Crippen MR) is 35.8 cm³/mol. The monoisotopic (exact) mass is 150 g/mol. The van der Waals surface area contributed by atoms with Crippen LogP contribution < -0.4 is 4.90 Å². The zero-order chi connectivity index (χ0) is 7.40. The Morgan fingerprint density at radius 3 is 2.60 bits per heavy atom. The molecule has 0 spiro atoms. The van der Waals surface area contributed by atoms with E-state index in [0.29, 0.717) is 5.13 Å². The van der Waals surface area contributed by atoms with Crippen molar-refractivity contribution in [1.82, 2.24) is 4.98 Å². The first-order valence-corrected chi connectivity index (χ1v) is 3.25. The van der Waals surface area contributed by atoms with Crippen molar-refractivity contribution >= 4 is 16.5 Å². The van der Waals surface area contributed by atoms with E-state index in [9.17, 15) is 0 Å². The molecule has 0 saturated heterocycles. The summed E-state index contributed by atoms with van der Waals surface area (Å²) >= 11 is 1.25. The van der Waals surface area contributed by atoms with Gasteiger partial charge in [0.15, 0.2) is 0 Å². The molecule has 0 saturated carbocycles. The largest absolute Gasteiger partial charge is 0.227 e. The molecule has 0 unspecified atom stereocenters. The Kier molecular flexibility index (Phi) is 1.83. The van der Waals surface area contributed by atoms with E-state index in [1.807, 2.05) is 0 Å². The van der Waals surface area contributed by atoms with Gasteiger partial charge in [0.05, 0.1) is 0 Å². The van der Waals surface area contributed by atoms with Crippen molar-refractivity contribution in [3.63, 3.8) is 0 Å². The van der Waals surface area contributed by atoms with Crippen LogP contribution in [0.4, 0.5) is 5.13 Å². The molecule has 0 aliphatic carbocycles. The van der Waals surface area contributed by atoms with Crippen LogP contribution in [0, 0.1) is 22.9 Å². The Hall–Kier alpha value is -1.59. The molecule has 0 atom stereocenters. The maximum absolute atomic E-state index is 8.32. The number of anilines is 1. The second-order valence-electron chi connectivity index (χ2n) is 1.35. The molecule has 48 valence electrons. The molecule has 4 nitrogen and oxygen atoms in total. The lowest BCUT2D eigenvalue weighted by Crippen LogP contribution is -2.05. The van der Waals surface area contributed by atoms with Crippen LogP contribution in [0.3, 0.4) is 0 Å². The molecule has 0 N–H and O–H groups in total. The van der Waals surface area contributed by atoms with Crippen molar-refractivity contribution in [3.05, 3.63) is 11.6 Å². The first-order chi connectivity index (χ1) is 4.88. The minimum atomic E-state index is 0.407. The number of thiazole rings is 1. The summed E-state index contributed by atoms with van der Waals surface area (Å²) in [5, 5.41) is 18.7. The van der Waals surface area contributed by atoms with E-state index in [-0.39, 0.29) is 0 Å². The van der Waals surface area contributed by atoms with Gasteiger partial charge in [-0.2, -0.15) is 15.4 Å². The highest BCUT2D eigenvalue weighted by molar-refractivity contribution is 7.13. The van der Waals surface area contributed by atoms with Gasteiger partial charge in [-0.25, -0.2) is 4.98 Å². The highest BCUT2D eigenvalue weighted by atomic mass is 32.1. The summed E-state index contributed by atoms with van der Waals surface area (Å²) in [6, 6.07) is 0. The summed E-state index contributed by atoms with van der Waals surface area (Å²) in [5.74, 6) is 0. The van der Waals surface area contributed by atoms with Crippen LogP contribution in [0.15, 0.2) is 11.6 Å². The Morgan fingerprint density at radius 2 is 2.20 bits per heavy atom. The van der Waals surface area contributed by atoms with Crippen molar-refractivity contribution in [2.24, 2.45) is 0 Å². The van der Waals surface area contributed by atoms with E-state index in [0.717, 1.165) is 4.90 Å². The molecule has 0 aliphatic heterocycles. The van der Waals surface area contributed by atoms with E-state index >= 15 is 0 Å². The van der Waals surface area contributed by atoms with Gasteiger partial charge in [0.2, 0.25) is 17.5 Å². The molecule has 5 heteroatoms. The van der Waals surface area contributed by atoms with Crippen LogP contribution in [0.2, 0.25) is 0 Å². The van der Waals surface area contributed by atoms with Gasteiger partial charge in [-0.3, -0.25) is 0 Å². The Morgan fingerprint density at radius 1 is 1.50 bits per heavy atom. The quantitative estimate of drug-likeness (QED) is 0.441. The molecule has 1 heterocycles. The molecule has 0 radical (unpaired) electrons. The minimum Gasteiger partial charge on any atom is -0.227 e. The molecule has 0 aromatic carbocycles. The van der Waals surface area contributed by atoms with Gasteiger partial charge in [-0.15, -0.1) is 11.3 Å². The van der Waals surface area contributed by atoms with Gasteiger partial charge in [0.25, 0.3) is 0 Å². The lowest BCUT2D eigenvalue weighted by atomic mass is 10.9. The van der Waals surface area contributed by atoms with E-state index in [2.05, 4.69) is 4.98 Å². The molecule has 1 aromatic rings. The van der Waals surface area contributed by atoms with Crippen LogP contribution in [0.25, 0.3) is 0 Å². The summed E-state index contributed by atoms with van der Waals surface area (Å²) in [5.41, 5.74) is 0. The Balaban J connectivity index is 2.89. The van der Waals surface area contributed by atoms with Crippen LogP contribution in [0.1, 0.15) is 0 Å². The average Bonchev–Trinajstić information content (AvgIpc) is 2.43. The third-order valence-electron chi connectivity index (χ3n) is 0.811. The minimum absolute atomic E-state index is 0.407. The van der Waals surface area contributed by atoms with Gasteiger partial charge >= 0.3 is 0 Å². The average molecular weight is 150 g/mol. The van der Waals surface area contributed by atoms with Crippen LogP contribution in [-0.2, 0) is 0 Å². The van der Waals surface area contributed by atoms with Crippen molar-refractivity contribution in [2.75, 3.05) is 4.90 Å². The lowest BCUT2D eigenvalue weighted by Gasteiger charge is -1.95. The van der Waals surface area contributed by atoms with E-state index in [1.165, 1.54) is 11.3 Å². The molecular formula is C5H2N4S. The van der Waals surface area contributed by atoms with E-state index < -0.39 is 0 Å². The SMILES string of the molecule is N#CN(C#N)c1nccs1. The molecule has 0 amide bonds. The fourth-order valence-electron chi connectivity index (χ4n) is 0.434. The van der Waals surface area contributed by atoms with Crippen molar-refractivity contribution < 1.29 is 0 Å². The van der Waals surface area contributed by atoms with Crippen LogP contribution >= 0.6 is 11.3 Å². The van der Waals surface area contributed by atoms with Gasteiger partial charge in [-0.05, 0) is 0 Å². The van der Waals surface area contributed by atoms with Gasteiger partial charge in [-0.1, -0.05) is 0 Å².